The maximum atomic E-state index is 12.9. The number of carbonyl (C=O) groups excluding carboxylic acids is 1. The number of benzene rings is 1. The molecule has 0 aliphatic carbocycles. The first-order valence-electron chi connectivity index (χ1n) is 11.3. The monoisotopic (exact) mass is 469 g/mol. The van der Waals surface area contributed by atoms with Crippen molar-refractivity contribution >= 4 is 11.9 Å². The molecule has 1 aliphatic rings. The summed E-state index contributed by atoms with van der Waals surface area (Å²) >= 11 is 0. The smallest absolute Gasteiger partial charge is 0.354 e. The summed E-state index contributed by atoms with van der Waals surface area (Å²) < 4.78 is 38.4. The highest BCUT2D eigenvalue weighted by molar-refractivity contribution is 5.77. The molecule has 0 spiro atoms. The highest BCUT2D eigenvalue weighted by Gasteiger charge is 2.31. The first-order chi connectivity index (χ1) is 16.4. The van der Waals surface area contributed by atoms with E-state index in [9.17, 15) is 18.0 Å². The van der Waals surface area contributed by atoms with Gasteiger partial charge in [-0.25, -0.2) is 9.97 Å². The lowest BCUT2D eigenvalue weighted by molar-refractivity contribution is -0.137. The highest BCUT2D eigenvalue weighted by Crippen LogP contribution is 2.32. The van der Waals surface area contributed by atoms with Crippen LogP contribution in [-0.4, -0.2) is 38.8 Å². The third-order valence-corrected chi connectivity index (χ3v) is 5.83. The molecule has 6 nitrogen and oxygen atoms in total. The van der Waals surface area contributed by atoms with E-state index in [1.807, 2.05) is 23.1 Å². The second-order valence-electron chi connectivity index (χ2n) is 8.27. The zero-order valence-corrected chi connectivity index (χ0v) is 18.6. The molecular weight excluding hydrogens is 443 g/mol. The third-order valence-electron chi connectivity index (χ3n) is 5.83. The van der Waals surface area contributed by atoms with E-state index in [1.165, 1.54) is 12.1 Å². The van der Waals surface area contributed by atoms with Crippen LogP contribution in [0.1, 0.15) is 54.2 Å². The number of hydrogen-bond acceptors (Lipinski definition) is 5. The number of aromatic nitrogens is 3. The molecule has 1 aliphatic heterocycles. The number of anilines is 1. The van der Waals surface area contributed by atoms with E-state index in [0.29, 0.717) is 38.3 Å². The van der Waals surface area contributed by atoms with E-state index >= 15 is 0 Å². The van der Waals surface area contributed by atoms with Gasteiger partial charge in [0.2, 0.25) is 11.9 Å². The van der Waals surface area contributed by atoms with E-state index in [4.69, 9.17) is 4.98 Å². The van der Waals surface area contributed by atoms with Crippen LogP contribution in [0.15, 0.2) is 60.9 Å². The first kappa shape index (κ1) is 23.7. The topological polar surface area (TPSA) is 71.0 Å². The molecule has 3 heterocycles. The number of pyridine rings is 1. The molecule has 9 heteroatoms. The van der Waals surface area contributed by atoms with Crippen molar-refractivity contribution in [3.05, 3.63) is 83.4 Å². The summed E-state index contributed by atoms with van der Waals surface area (Å²) in [4.78, 5) is 27.7. The van der Waals surface area contributed by atoms with Crippen molar-refractivity contribution in [2.24, 2.45) is 0 Å². The molecule has 1 saturated heterocycles. The van der Waals surface area contributed by atoms with Gasteiger partial charge < -0.3 is 10.2 Å². The Balaban J connectivity index is 1.34. The molecule has 1 amide bonds. The van der Waals surface area contributed by atoms with Crippen molar-refractivity contribution in [3.63, 3.8) is 0 Å². The second-order valence-corrected chi connectivity index (χ2v) is 8.27. The number of carbonyl (C=O) groups is 1. The zero-order chi connectivity index (χ0) is 24.0. The SMILES string of the molecule is O=C(CCCNc1ncccn1)N1CCCC1c1cccc(Cc2ccc(C(F)(F)F)cc2)n1. The van der Waals surface area contributed by atoms with Crippen LogP contribution < -0.4 is 5.32 Å². The molecule has 1 atom stereocenters. The van der Waals surface area contributed by atoms with E-state index < -0.39 is 11.7 Å². The number of nitrogens with zero attached hydrogens (tertiary/aromatic N) is 4. The van der Waals surface area contributed by atoms with Crippen molar-refractivity contribution < 1.29 is 18.0 Å². The van der Waals surface area contributed by atoms with E-state index in [2.05, 4.69) is 15.3 Å². The van der Waals surface area contributed by atoms with Crippen molar-refractivity contribution in [2.45, 2.75) is 44.3 Å². The molecule has 34 heavy (non-hydrogen) atoms. The molecule has 178 valence electrons. The number of halogens is 3. The molecule has 1 N–H and O–H groups in total. The number of likely N-dealkylation sites (tertiary alicyclic amines) is 1. The van der Waals surface area contributed by atoms with Gasteiger partial charge in [0.15, 0.2) is 0 Å². The van der Waals surface area contributed by atoms with Gasteiger partial charge in [-0.2, -0.15) is 13.2 Å². The fourth-order valence-electron chi connectivity index (χ4n) is 4.15. The molecule has 3 aromatic rings. The Morgan fingerprint density at radius 3 is 2.56 bits per heavy atom. The summed E-state index contributed by atoms with van der Waals surface area (Å²) in [6.45, 7) is 1.30. The van der Waals surface area contributed by atoms with Crippen molar-refractivity contribution in [1.29, 1.82) is 0 Å². The van der Waals surface area contributed by atoms with E-state index in [-0.39, 0.29) is 11.9 Å². The molecule has 4 rings (SSSR count). The minimum atomic E-state index is -4.35. The minimum absolute atomic E-state index is 0.0783. The fourth-order valence-corrected chi connectivity index (χ4v) is 4.15. The number of amides is 1. The Bertz CT molecular complexity index is 1090. The van der Waals surface area contributed by atoms with Crippen molar-refractivity contribution in [1.82, 2.24) is 19.9 Å². The summed E-state index contributed by atoms with van der Waals surface area (Å²) in [6, 6.07) is 12.5. The van der Waals surface area contributed by atoms with E-state index in [0.717, 1.165) is 41.9 Å². The number of hydrogen-bond donors (Lipinski definition) is 1. The normalized spacial score (nSPS) is 16.0. The van der Waals surface area contributed by atoms with Gasteiger partial charge in [-0.15, -0.1) is 0 Å². The lowest BCUT2D eigenvalue weighted by Crippen LogP contribution is -2.31. The van der Waals surface area contributed by atoms with Crippen LogP contribution in [0.4, 0.5) is 19.1 Å². The molecule has 0 saturated carbocycles. The van der Waals surface area contributed by atoms with Gasteiger partial charge in [-0.1, -0.05) is 18.2 Å². The van der Waals surface area contributed by atoms with Gasteiger partial charge in [0, 0.05) is 44.0 Å². The van der Waals surface area contributed by atoms with Gasteiger partial charge in [-0.05, 0) is 55.2 Å². The van der Waals surface area contributed by atoms with Crippen LogP contribution in [0.2, 0.25) is 0 Å². The van der Waals surface area contributed by atoms with Crippen LogP contribution in [0, 0.1) is 0 Å². The second kappa shape index (κ2) is 10.6. The van der Waals surface area contributed by atoms with Gasteiger partial charge in [0.1, 0.15) is 0 Å². The average molecular weight is 470 g/mol. The minimum Gasteiger partial charge on any atom is -0.354 e. The van der Waals surface area contributed by atoms with Crippen molar-refractivity contribution in [3.8, 4) is 0 Å². The van der Waals surface area contributed by atoms with Gasteiger partial charge in [0.05, 0.1) is 17.3 Å². The zero-order valence-electron chi connectivity index (χ0n) is 18.6. The van der Waals surface area contributed by atoms with Gasteiger partial charge in [0.25, 0.3) is 0 Å². The molecule has 2 aromatic heterocycles. The number of nitrogens with one attached hydrogen (secondary N) is 1. The Kier molecular flexibility index (Phi) is 7.40. The third kappa shape index (κ3) is 6.09. The molecule has 1 unspecified atom stereocenters. The summed E-state index contributed by atoms with van der Waals surface area (Å²) in [5, 5.41) is 3.11. The average Bonchev–Trinajstić information content (AvgIpc) is 3.33. The van der Waals surface area contributed by atoms with E-state index in [1.54, 1.807) is 18.5 Å². The van der Waals surface area contributed by atoms with Gasteiger partial charge in [-0.3, -0.25) is 9.78 Å². The standard InChI is InChI=1S/C25H26F3N5O/c26-25(27,28)19-11-9-18(10-12-19)17-20-5-1-6-21(32-20)22-7-3-16-33(22)23(34)8-2-13-29-24-30-14-4-15-31-24/h1,4-6,9-12,14-15,22H,2-3,7-8,13,16-17H2,(H,29,30,31). The Morgan fingerprint density at radius 2 is 1.82 bits per heavy atom. The molecule has 1 fully saturated rings. The highest BCUT2D eigenvalue weighted by atomic mass is 19.4. The predicted molar refractivity (Wildman–Crippen MR) is 122 cm³/mol. The molecule has 1 aromatic carbocycles. The Hall–Kier alpha value is -3.49. The summed E-state index contributed by atoms with van der Waals surface area (Å²) in [5.74, 6) is 0.635. The quantitative estimate of drug-likeness (QED) is 0.468. The molecule has 0 radical (unpaired) electrons. The molecular formula is C25H26F3N5O. The lowest BCUT2D eigenvalue weighted by atomic mass is 10.0. The Labute approximate surface area is 196 Å². The molecule has 0 bridgehead atoms. The maximum absolute atomic E-state index is 12.9. The van der Waals surface area contributed by atoms with Crippen LogP contribution in [-0.2, 0) is 17.4 Å². The van der Waals surface area contributed by atoms with Gasteiger partial charge >= 0.3 is 6.18 Å². The van der Waals surface area contributed by atoms with Crippen molar-refractivity contribution in [2.75, 3.05) is 18.4 Å². The summed E-state index contributed by atoms with van der Waals surface area (Å²) in [5.41, 5.74) is 1.69. The fraction of sp³-hybridized carbons (Fsp3) is 0.360. The van der Waals surface area contributed by atoms with Crippen LogP contribution >= 0.6 is 0 Å². The first-order valence-corrected chi connectivity index (χ1v) is 11.3. The maximum Gasteiger partial charge on any atom is 0.416 e. The predicted octanol–water partition coefficient (Wildman–Crippen LogP) is 5.04. The summed E-state index contributed by atoms with van der Waals surface area (Å²) in [7, 11) is 0. The Morgan fingerprint density at radius 1 is 1.06 bits per heavy atom. The lowest BCUT2D eigenvalue weighted by Gasteiger charge is -2.25. The van der Waals surface area contributed by atoms with Crippen LogP contribution in [0.25, 0.3) is 0 Å². The van der Waals surface area contributed by atoms with Crippen LogP contribution in [0.3, 0.4) is 0 Å². The number of alkyl halides is 3. The van der Waals surface area contributed by atoms with Crippen LogP contribution in [0.5, 0.6) is 0 Å². The largest absolute Gasteiger partial charge is 0.416 e. The number of rotatable bonds is 8. The summed E-state index contributed by atoms with van der Waals surface area (Å²) in [6.07, 6.45) is 2.25.